The molecule has 0 aliphatic heterocycles. The molecule has 0 spiro atoms. The first-order valence-corrected chi connectivity index (χ1v) is 16.2. The molecule has 0 aliphatic rings. The van der Waals surface area contributed by atoms with Gasteiger partial charge in [0, 0.05) is 31.8 Å². The monoisotopic (exact) mass is 666 g/mol. The number of hydrogen-bond acceptors (Lipinski definition) is 10. The molecular weight excluding hydrogens is 632 g/mol. The van der Waals surface area contributed by atoms with Crippen molar-refractivity contribution >= 4 is 44.5 Å². The van der Waals surface area contributed by atoms with Gasteiger partial charge in [-0.1, -0.05) is 65.7 Å². The number of nitrogens with one attached hydrogen (secondary N) is 1. The van der Waals surface area contributed by atoms with Gasteiger partial charge in [0.2, 0.25) is 23.2 Å². The Balaban J connectivity index is 0.000000171. The summed E-state index contributed by atoms with van der Waals surface area (Å²) in [5.41, 5.74) is 8.24. The molecule has 3 N–H and O–H groups in total. The van der Waals surface area contributed by atoms with Gasteiger partial charge in [0.05, 0.1) is 0 Å². The van der Waals surface area contributed by atoms with E-state index in [1.807, 2.05) is 93.0 Å². The maximum absolute atomic E-state index is 8.74. The van der Waals surface area contributed by atoms with Crippen LogP contribution in [0.15, 0.2) is 112 Å². The van der Waals surface area contributed by atoms with Crippen molar-refractivity contribution in [3.8, 4) is 22.9 Å². The van der Waals surface area contributed by atoms with Crippen molar-refractivity contribution < 1.29 is 26.4 Å². The fourth-order valence-electron chi connectivity index (χ4n) is 4.55. The average Bonchev–Trinajstić information content (AvgIpc) is 3.69. The number of fused-ring (bicyclic) bond motifs is 2. The van der Waals surface area contributed by atoms with Crippen molar-refractivity contribution in [2.45, 2.75) is 20.4 Å². The number of aryl methyl sites for hydroxylation is 2. The topological polar surface area (TPSA) is 168 Å². The molecule has 0 aliphatic carbocycles. The third kappa shape index (κ3) is 9.22. The van der Waals surface area contributed by atoms with E-state index in [0.29, 0.717) is 23.2 Å². The van der Waals surface area contributed by atoms with Crippen LogP contribution in [0.5, 0.6) is 0 Å². The van der Waals surface area contributed by atoms with Crippen molar-refractivity contribution in [2.75, 3.05) is 24.3 Å². The van der Waals surface area contributed by atoms with Gasteiger partial charge in [-0.15, -0.1) is 0 Å². The van der Waals surface area contributed by atoms with Crippen LogP contribution in [0.25, 0.3) is 45.4 Å². The van der Waals surface area contributed by atoms with Crippen LogP contribution in [0.1, 0.15) is 16.7 Å². The van der Waals surface area contributed by atoms with Crippen LogP contribution in [0.2, 0.25) is 0 Å². The number of aromatic nitrogens is 4. The second-order valence-corrected chi connectivity index (χ2v) is 11.7. The lowest BCUT2D eigenvalue weighted by Crippen LogP contribution is -2.17. The standard InChI is InChI=1S/C21H19N3O.C14H13N3O.H2O4S/c1-15-8-10-17(11-9-15)20-22-18-12-13-19(23-21(18)25-20)24(2)14-16-6-4-3-5-7-16;1-9-3-5-10(6-4-9)13-16-11-7-8-12(15-2)17-14(11)18-13;1-5(2,3)4/h3-13H,14H2,1-2H3;3-8H,1-2H3,(H,15,17);(H2,1,2,3,4). The number of oxazole rings is 2. The smallest absolute Gasteiger partial charge is 0.394 e. The van der Waals surface area contributed by atoms with Gasteiger partial charge in [-0.05, 0) is 67.9 Å². The highest BCUT2D eigenvalue weighted by molar-refractivity contribution is 7.79. The summed E-state index contributed by atoms with van der Waals surface area (Å²) in [6.45, 7) is 4.90. The predicted molar refractivity (Wildman–Crippen MR) is 186 cm³/mol. The number of pyridine rings is 2. The van der Waals surface area contributed by atoms with E-state index < -0.39 is 10.4 Å². The Kier molecular flexibility index (Phi) is 10.4. The molecule has 4 heterocycles. The molecule has 7 aromatic rings. The summed E-state index contributed by atoms with van der Waals surface area (Å²) in [5, 5.41) is 2.98. The molecule has 0 unspecified atom stereocenters. The van der Waals surface area contributed by atoms with Gasteiger partial charge in [-0.3, -0.25) is 9.11 Å². The second kappa shape index (κ2) is 14.9. The number of hydrogen-bond donors (Lipinski definition) is 3. The molecule has 0 bridgehead atoms. The first kappa shape index (κ1) is 33.7. The molecular formula is C35H34N6O6S. The lowest BCUT2D eigenvalue weighted by atomic mass is 10.1. The molecule has 0 saturated carbocycles. The van der Waals surface area contributed by atoms with E-state index >= 15 is 0 Å². The Morgan fingerprint density at radius 1 is 0.667 bits per heavy atom. The van der Waals surface area contributed by atoms with Crippen molar-refractivity contribution in [2.24, 2.45) is 0 Å². The van der Waals surface area contributed by atoms with Crippen LogP contribution in [-0.2, 0) is 16.9 Å². The van der Waals surface area contributed by atoms with Crippen LogP contribution in [0, 0.1) is 13.8 Å². The maximum atomic E-state index is 8.74. The summed E-state index contributed by atoms with van der Waals surface area (Å²) >= 11 is 0. The fraction of sp³-hybridized carbons (Fsp3) is 0.143. The number of rotatable bonds is 6. The second-order valence-electron chi connectivity index (χ2n) is 10.8. The van der Waals surface area contributed by atoms with Crippen LogP contribution < -0.4 is 10.2 Å². The molecule has 0 fully saturated rings. The predicted octanol–water partition coefficient (Wildman–Crippen LogP) is 7.42. The minimum absolute atomic E-state index is 0.553. The summed E-state index contributed by atoms with van der Waals surface area (Å²) in [6, 6.07) is 34.3. The van der Waals surface area contributed by atoms with Gasteiger partial charge in [-0.2, -0.15) is 18.4 Å². The first-order chi connectivity index (χ1) is 22.9. The third-order valence-corrected chi connectivity index (χ3v) is 7.00. The number of anilines is 2. The van der Waals surface area contributed by atoms with Gasteiger partial charge in [0.1, 0.15) is 22.7 Å². The zero-order valence-corrected chi connectivity index (χ0v) is 27.5. The Morgan fingerprint density at radius 3 is 1.65 bits per heavy atom. The molecule has 13 heteroatoms. The Labute approximate surface area is 277 Å². The molecule has 246 valence electrons. The molecule has 4 aromatic heterocycles. The van der Waals surface area contributed by atoms with Crippen molar-refractivity contribution in [3.05, 3.63) is 120 Å². The average molecular weight is 667 g/mol. The highest BCUT2D eigenvalue weighted by Crippen LogP contribution is 2.26. The number of benzene rings is 3. The van der Waals surface area contributed by atoms with Gasteiger partial charge in [0.25, 0.3) is 0 Å². The summed E-state index contributed by atoms with van der Waals surface area (Å²) in [4.78, 5) is 20.0. The minimum atomic E-state index is -4.67. The van der Waals surface area contributed by atoms with Crippen LogP contribution in [0.3, 0.4) is 0 Å². The summed E-state index contributed by atoms with van der Waals surface area (Å²) < 4.78 is 43.1. The molecule has 12 nitrogen and oxygen atoms in total. The fourth-order valence-corrected chi connectivity index (χ4v) is 4.55. The van der Waals surface area contributed by atoms with E-state index in [9.17, 15) is 0 Å². The lowest BCUT2D eigenvalue weighted by Gasteiger charge is -2.17. The largest absolute Gasteiger partial charge is 0.418 e. The molecule has 0 atom stereocenters. The Hall–Kier alpha value is -5.63. The quantitative estimate of drug-likeness (QED) is 0.150. The molecule has 0 amide bonds. The normalized spacial score (nSPS) is 11.0. The molecule has 0 saturated heterocycles. The van der Waals surface area contributed by atoms with Gasteiger partial charge < -0.3 is 19.1 Å². The maximum Gasteiger partial charge on any atom is 0.394 e. The third-order valence-electron chi connectivity index (χ3n) is 7.00. The van der Waals surface area contributed by atoms with Crippen LogP contribution in [0.4, 0.5) is 11.6 Å². The zero-order chi connectivity index (χ0) is 34.3. The highest BCUT2D eigenvalue weighted by Gasteiger charge is 2.12. The van der Waals surface area contributed by atoms with Crippen LogP contribution in [-0.4, -0.2) is 51.6 Å². The van der Waals surface area contributed by atoms with Gasteiger partial charge in [0.15, 0.2) is 0 Å². The van der Waals surface area contributed by atoms with E-state index in [4.69, 9.17) is 26.4 Å². The van der Waals surface area contributed by atoms with E-state index in [-0.39, 0.29) is 0 Å². The van der Waals surface area contributed by atoms with E-state index in [1.165, 1.54) is 16.7 Å². The SMILES string of the molecule is CNc1ccc2nc(-c3ccc(C)cc3)oc2n1.Cc1ccc(-c2nc3ccc(N(C)Cc4ccccc4)nc3o2)cc1.O=S(=O)(O)O. The highest BCUT2D eigenvalue weighted by atomic mass is 32.3. The van der Waals surface area contributed by atoms with Gasteiger partial charge >= 0.3 is 10.4 Å². The Bertz CT molecular complexity index is 2210. The summed E-state index contributed by atoms with van der Waals surface area (Å²) in [5.74, 6) is 2.84. The van der Waals surface area contributed by atoms with E-state index in [1.54, 1.807) is 0 Å². The summed E-state index contributed by atoms with van der Waals surface area (Å²) in [6.07, 6.45) is 0. The summed E-state index contributed by atoms with van der Waals surface area (Å²) in [7, 11) is -0.816. The molecule has 0 radical (unpaired) electrons. The Morgan fingerprint density at radius 2 is 1.15 bits per heavy atom. The van der Waals surface area contributed by atoms with E-state index in [0.717, 1.165) is 40.3 Å². The molecule has 7 rings (SSSR count). The van der Waals surface area contributed by atoms with Gasteiger partial charge in [-0.25, -0.2) is 9.97 Å². The first-order valence-electron chi connectivity index (χ1n) is 14.8. The number of nitrogens with zero attached hydrogens (tertiary/aromatic N) is 5. The zero-order valence-electron chi connectivity index (χ0n) is 26.7. The van der Waals surface area contributed by atoms with Crippen LogP contribution >= 0.6 is 0 Å². The lowest BCUT2D eigenvalue weighted by molar-refractivity contribution is 0.381. The van der Waals surface area contributed by atoms with Crippen molar-refractivity contribution in [1.82, 2.24) is 19.9 Å². The molecule has 48 heavy (non-hydrogen) atoms. The minimum Gasteiger partial charge on any atom is -0.418 e. The van der Waals surface area contributed by atoms with Crippen molar-refractivity contribution in [3.63, 3.8) is 0 Å². The van der Waals surface area contributed by atoms with E-state index in [2.05, 4.69) is 68.3 Å². The molecule has 3 aromatic carbocycles. The van der Waals surface area contributed by atoms with Crippen molar-refractivity contribution in [1.29, 1.82) is 0 Å².